The molecule has 1 atom stereocenters. The van der Waals surface area contributed by atoms with Crippen LogP contribution >= 0.6 is 0 Å². The molecule has 0 saturated heterocycles. The van der Waals surface area contributed by atoms with Crippen molar-refractivity contribution in [3.8, 4) is 0 Å². The van der Waals surface area contributed by atoms with E-state index in [0.29, 0.717) is 31.2 Å². The number of benzene rings is 1. The van der Waals surface area contributed by atoms with Crippen molar-refractivity contribution in [3.63, 3.8) is 0 Å². The number of nitrogens with one attached hydrogen (secondary N) is 1. The Labute approximate surface area is 112 Å². The first-order chi connectivity index (χ1) is 8.97. The van der Waals surface area contributed by atoms with Crippen LogP contribution in [0.2, 0.25) is 0 Å². The second kappa shape index (κ2) is 8.19. The van der Waals surface area contributed by atoms with Crippen LogP contribution in [-0.4, -0.2) is 31.0 Å². The maximum absolute atomic E-state index is 12.9. The maximum atomic E-state index is 12.9. The molecular weight excluding hydrogens is 252 g/mol. The SMILES string of the molecule is CC(C)COCC(O)CNCc1cc(F)cc(F)c1. The summed E-state index contributed by atoms with van der Waals surface area (Å²) in [5.74, 6) is -0.773. The number of aliphatic hydroxyl groups excluding tert-OH is 1. The van der Waals surface area contributed by atoms with E-state index in [2.05, 4.69) is 5.32 Å². The van der Waals surface area contributed by atoms with E-state index in [1.807, 2.05) is 13.8 Å². The molecule has 3 nitrogen and oxygen atoms in total. The molecule has 0 aromatic heterocycles. The highest BCUT2D eigenvalue weighted by Crippen LogP contribution is 2.07. The van der Waals surface area contributed by atoms with Gasteiger partial charge in [-0.25, -0.2) is 8.78 Å². The summed E-state index contributed by atoms with van der Waals surface area (Å²) in [6.07, 6.45) is -0.628. The van der Waals surface area contributed by atoms with Gasteiger partial charge in [0.1, 0.15) is 11.6 Å². The number of ether oxygens (including phenoxy) is 1. The molecule has 0 aliphatic rings. The van der Waals surface area contributed by atoms with E-state index in [9.17, 15) is 13.9 Å². The second-order valence-corrected chi connectivity index (χ2v) is 4.99. The van der Waals surface area contributed by atoms with Gasteiger partial charge in [0.05, 0.1) is 12.7 Å². The van der Waals surface area contributed by atoms with E-state index < -0.39 is 17.7 Å². The summed E-state index contributed by atoms with van der Waals surface area (Å²) >= 11 is 0. The molecule has 0 bridgehead atoms. The first kappa shape index (κ1) is 16.0. The molecule has 0 amide bonds. The summed E-state index contributed by atoms with van der Waals surface area (Å²) in [6.45, 7) is 5.53. The first-order valence-corrected chi connectivity index (χ1v) is 6.39. The molecule has 0 saturated carbocycles. The summed E-state index contributed by atoms with van der Waals surface area (Å²) < 4.78 is 31.1. The van der Waals surface area contributed by atoms with E-state index in [1.165, 1.54) is 12.1 Å². The van der Waals surface area contributed by atoms with Crippen molar-refractivity contribution in [2.24, 2.45) is 5.92 Å². The lowest BCUT2D eigenvalue weighted by Crippen LogP contribution is -2.30. The largest absolute Gasteiger partial charge is 0.389 e. The summed E-state index contributed by atoms with van der Waals surface area (Å²) in [5, 5.41) is 12.5. The molecule has 1 aromatic rings. The van der Waals surface area contributed by atoms with Gasteiger partial charge in [0.25, 0.3) is 0 Å². The van der Waals surface area contributed by atoms with E-state index in [0.717, 1.165) is 6.07 Å². The van der Waals surface area contributed by atoms with Crippen LogP contribution in [0.15, 0.2) is 18.2 Å². The Bertz CT molecular complexity index is 365. The molecule has 5 heteroatoms. The Hall–Kier alpha value is -1.04. The lowest BCUT2D eigenvalue weighted by Gasteiger charge is -2.13. The Kier molecular flexibility index (Phi) is 6.91. The average Bonchev–Trinajstić information content (AvgIpc) is 2.27. The molecule has 1 unspecified atom stereocenters. The fourth-order valence-corrected chi connectivity index (χ4v) is 1.59. The third-order valence-corrected chi connectivity index (χ3v) is 2.39. The van der Waals surface area contributed by atoms with Gasteiger partial charge in [-0.15, -0.1) is 0 Å². The van der Waals surface area contributed by atoms with Crippen molar-refractivity contribution in [2.75, 3.05) is 19.8 Å². The van der Waals surface area contributed by atoms with Gasteiger partial charge < -0.3 is 15.2 Å². The number of hydrogen-bond donors (Lipinski definition) is 2. The number of rotatable bonds is 8. The second-order valence-electron chi connectivity index (χ2n) is 4.99. The summed E-state index contributed by atoms with van der Waals surface area (Å²) in [6, 6.07) is 3.35. The van der Waals surface area contributed by atoms with Crippen molar-refractivity contribution < 1.29 is 18.6 Å². The van der Waals surface area contributed by atoms with Crippen LogP contribution in [0.3, 0.4) is 0 Å². The number of halogens is 2. The van der Waals surface area contributed by atoms with Crippen LogP contribution in [0.4, 0.5) is 8.78 Å². The van der Waals surface area contributed by atoms with Gasteiger partial charge >= 0.3 is 0 Å². The molecule has 0 aliphatic heterocycles. The Morgan fingerprint density at radius 1 is 1.16 bits per heavy atom. The average molecular weight is 273 g/mol. The minimum atomic E-state index is -0.628. The quantitative estimate of drug-likeness (QED) is 0.762. The smallest absolute Gasteiger partial charge is 0.126 e. The van der Waals surface area contributed by atoms with E-state index in [4.69, 9.17) is 4.74 Å². The van der Waals surface area contributed by atoms with E-state index >= 15 is 0 Å². The van der Waals surface area contributed by atoms with E-state index in [1.54, 1.807) is 0 Å². The molecule has 1 aromatic carbocycles. The highest BCUT2D eigenvalue weighted by molar-refractivity contribution is 5.17. The maximum Gasteiger partial charge on any atom is 0.126 e. The van der Waals surface area contributed by atoms with E-state index in [-0.39, 0.29) is 6.61 Å². The molecule has 108 valence electrons. The predicted octanol–water partition coefficient (Wildman–Crippen LogP) is 2.09. The van der Waals surface area contributed by atoms with Gasteiger partial charge in [0.15, 0.2) is 0 Å². The van der Waals surface area contributed by atoms with Crippen LogP contribution in [0.5, 0.6) is 0 Å². The highest BCUT2D eigenvalue weighted by atomic mass is 19.1. The molecule has 0 heterocycles. The summed E-state index contributed by atoms with van der Waals surface area (Å²) in [5.41, 5.74) is 0.507. The van der Waals surface area contributed by atoms with Crippen molar-refractivity contribution >= 4 is 0 Å². The van der Waals surface area contributed by atoms with Gasteiger partial charge in [-0.3, -0.25) is 0 Å². The van der Waals surface area contributed by atoms with Gasteiger partial charge in [0.2, 0.25) is 0 Å². The Morgan fingerprint density at radius 3 is 2.37 bits per heavy atom. The number of hydrogen-bond acceptors (Lipinski definition) is 3. The van der Waals surface area contributed by atoms with Crippen molar-refractivity contribution in [3.05, 3.63) is 35.4 Å². The molecule has 0 aliphatic carbocycles. The molecule has 2 N–H and O–H groups in total. The number of aliphatic hydroxyl groups is 1. The van der Waals surface area contributed by atoms with Gasteiger partial charge in [-0.05, 0) is 23.6 Å². The van der Waals surface area contributed by atoms with Crippen molar-refractivity contribution in [1.82, 2.24) is 5.32 Å². The molecule has 1 rings (SSSR count). The lowest BCUT2D eigenvalue weighted by atomic mass is 10.2. The van der Waals surface area contributed by atoms with Gasteiger partial charge in [-0.2, -0.15) is 0 Å². The molecule has 19 heavy (non-hydrogen) atoms. The normalized spacial score (nSPS) is 12.9. The van der Waals surface area contributed by atoms with Gasteiger partial charge in [0, 0.05) is 25.8 Å². The van der Waals surface area contributed by atoms with Crippen LogP contribution < -0.4 is 5.32 Å². The first-order valence-electron chi connectivity index (χ1n) is 6.39. The lowest BCUT2D eigenvalue weighted by molar-refractivity contribution is 0.0260. The third kappa shape index (κ3) is 7.20. The van der Waals surface area contributed by atoms with Crippen LogP contribution in [0.25, 0.3) is 0 Å². The molecule has 0 fully saturated rings. The third-order valence-electron chi connectivity index (χ3n) is 2.39. The fourth-order valence-electron chi connectivity index (χ4n) is 1.59. The Balaban J connectivity index is 2.22. The van der Waals surface area contributed by atoms with Crippen LogP contribution in [0, 0.1) is 17.6 Å². The molecule has 0 spiro atoms. The zero-order valence-electron chi connectivity index (χ0n) is 11.3. The minimum absolute atomic E-state index is 0.253. The standard InChI is InChI=1S/C14H21F2NO2/c1-10(2)8-19-9-14(18)7-17-6-11-3-12(15)5-13(16)4-11/h3-5,10,14,17-18H,6-9H2,1-2H3. The summed E-state index contributed by atoms with van der Waals surface area (Å²) in [7, 11) is 0. The van der Waals surface area contributed by atoms with Gasteiger partial charge in [-0.1, -0.05) is 13.8 Å². The zero-order valence-corrected chi connectivity index (χ0v) is 11.3. The van der Waals surface area contributed by atoms with Crippen molar-refractivity contribution in [2.45, 2.75) is 26.5 Å². The molecular formula is C14H21F2NO2. The van der Waals surface area contributed by atoms with Crippen LogP contribution in [-0.2, 0) is 11.3 Å². The Morgan fingerprint density at radius 2 is 1.79 bits per heavy atom. The predicted molar refractivity (Wildman–Crippen MR) is 69.7 cm³/mol. The summed E-state index contributed by atoms with van der Waals surface area (Å²) in [4.78, 5) is 0. The zero-order chi connectivity index (χ0) is 14.3. The fraction of sp³-hybridized carbons (Fsp3) is 0.571. The topological polar surface area (TPSA) is 41.5 Å². The van der Waals surface area contributed by atoms with Crippen molar-refractivity contribution in [1.29, 1.82) is 0 Å². The highest BCUT2D eigenvalue weighted by Gasteiger charge is 2.05. The van der Waals surface area contributed by atoms with Crippen LogP contribution in [0.1, 0.15) is 19.4 Å². The molecule has 0 radical (unpaired) electrons. The minimum Gasteiger partial charge on any atom is -0.389 e. The monoisotopic (exact) mass is 273 g/mol.